The SMILES string of the molecule is CC(C)B1OC(C)(C)CC(C)(C)O1. The molecule has 1 fully saturated rings. The van der Waals surface area contributed by atoms with Crippen molar-refractivity contribution < 1.29 is 9.31 Å². The molecule has 0 bridgehead atoms. The van der Waals surface area contributed by atoms with Crippen molar-refractivity contribution >= 4 is 7.12 Å². The second-order valence-electron chi connectivity index (χ2n) is 5.54. The summed E-state index contributed by atoms with van der Waals surface area (Å²) >= 11 is 0. The Balaban J connectivity index is 2.72. The van der Waals surface area contributed by atoms with E-state index in [0.717, 1.165) is 6.42 Å². The summed E-state index contributed by atoms with van der Waals surface area (Å²) in [6.07, 6.45) is 0.948. The summed E-state index contributed by atoms with van der Waals surface area (Å²) in [5.74, 6) is 0.416. The summed E-state index contributed by atoms with van der Waals surface area (Å²) in [5, 5.41) is 0. The zero-order chi connectivity index (χ0) is 10.3. The lowest BCUT2D eigenvalue weighted by Gasteiger charge is -2.45. The van der Waals surface area contributed by atoms with Gasteiger partial charge in [-0.1, -0.05) is 13.8 Å². The first-order valence-corrected chi connectivity index (χ1v) is 5.07. The van der Waals surface area contributed by atoms with E-state index in [2.05, 4.69) is 41.5 Å². The largest absolute Gasteiger partial charge is 0.460 e. The first kappa shape index (κ1) is 11.1. The van der Waals surface area contributed by atoms with E-state index in [9.17, 15) is 0 Å². The molecule has 3 heteroatoms. The van der Waals surface area contributed by atoms with Gasteiger partial charge in [-0.15, -0.1) is 0 Å². The van der Waals surface area contributed by atoms with E-state index in [-0.39, 0.29) is 18.3 Å². The van der Waals surface area contributed by atoms with E-state index in [1.54, 1.807) is 0 Å². The molecule has 13 heavy (non-hydrogen) atoms. The number of hydrogen-bond donors (Lipinski definition) is 0. The van der Waals surface area contributed by atoms with Crippen LogP contribution in [-0.4, -0.2) is 18.3 Å². The van der Waals surface area contributed by atoms with Gasteiger partial charge in [-0.3, -0.25) is 0 Å². The Labute approximate surface area is 82.1 Å². The summed E-state index contributed by atoms with van der Waals surface area (Å²) < 4.78 is 11.7. The molecule has 0 amide bonds. The molecule has 0 aliphatic carbocycles. The third kappa shape index (κ3) is 2.99. The second-order valence-corrected chi connectivity index (χ2v) is 5.54. The van der Waals surface area contributed by atoms with Gasteiger partial charge in [0.25, 0.3) is 0 Å². The quantitative estimate of drug-likeness (QED) is 0.583. The van der Waals surface area contributed by atoms with Gasteiger partial charge in [0.1, 0.15) is 0 Å². The van der Waals surface area contributed by atoms with E-state index >= 15 is 0 Å². The van der Waals surface area contributed by atoms with Crippen LogP contribution in [0.5, 0.6) is 0 Å². The van der Waals surface area contributed by atoms with Crippen molar-refractivity contribution in [2.45, 2.75) is 65.0 Å². The van der Waals surface area contributed by atoms with Gasteiger partial charge < -0.3 is 9.31 Å². The fraction of sp³-hybridized carbons (Fsp3) is 1.00. The summed E-state index contributed by atoms with van der Waals surface area (Å²) in [6.45, 7) is 12.8. The highest BCUT2D eigenvalue weighted by Gasteiger charge is 2.43. The van der Waals surface area contributed by atoms with Crippen LogP contribution in [0.4, 0.5) is 0 Å². The fourth-order valence-electron chi connectivity index (χ4n) is 2.03. The van der Waals surface area contributed by atoms with Crippen LogP contribution in [0.15, 0.2) is 0 Å². The van der Waals surface area contributed by atoms with Gasteiger partial charge in [-0.05, 0) is 33.5 Å². The maximum atomic E-state index is 5.85. The molecular weight excluding hydrogens is 163 g/mol. The molecule has 0 N–H and O–H groups in total. The third-order valence-electron chi connectivity index (χ3n) is 2.27. The first-order chi connectivity index (χ1) is 5.72. The molecule has 2 nitrogen and oxygen atoms in total. The lowest BCUT2D eigenvalue weighted by atomic mass is 9.69. The molecule has 0 atom stereocenters. The summed E-state index contributed by atoms with van der Waals surface area (Å²) in [7, 11) is -0.0567. The normalized spacial score (nSPS) is 26.5. The van der Waals surface area contributed by atoms with Gasteiger partial charge in [0.2, 0.25) is 0 Å². The lowest BCUT2D eigenvalue weighted by Crippen LogP contribution is -2.52. The molecule has 0 unspecified atom stereocenters. The van der Waals surface area contributed by atoms with Crippen LogP contribution >= 0.6 is 0 Å². The Morgan fingerprint density at radius 3 is 1.69 bits per heavy atom. The highest BCUT2D eigenvalue weighted by molar-refractivity contribution is 6.46. The summed E-state index contributed by atoms with van der Waals surface area (Å²) in [4.78, 5) is 0. The molecular formula is C10H21BO2. The Kier molecular flexibility index (Phi) is 2.79. The van der Waals surface area contributed by atoms with Gasteiger partial charge in [-0.25, -0.2) is 0 Å². The summed E-state index contributed by atoms with van der Waals surface area (Å²) in [6, 6.07) is 0. The van der Waals surface area contributed by atoms with Crippen LogP contribution in [0.1, 0.15) is 48.0 Å². The van der Waals surface area contributed by atoms with Crippen molar-refractivity contribution in [3.05, 3.63) is 0 Å². The summed E-state index contributed by atoms with van der Waals surface area (Å²) in [5.41, 5.74) is -0.118. The van der Waals surface area contributed by atoms with E-state index in [4.69, 9.17) is 9.31 Å². The second kappa shape index (κ2) is 3.28. The molecule has 1 heterocycles. The lowest BCUT2D eigenvalue weighted by molar-refractivity contribution is -0.0790. The van der Waals surface area contributed by atoms with Gasteiger partial charge in [0.05, 0.1) is 11.2 Å². The van der Waals surface area contributed by atoms with Crippen molar-refractivity contribution in [3.8, 4) is 0 Å². The molecule has 1 rings (SSSR count). The van der Waals surface area contributed by atoms with Gasteiger partial charge in [0.15, 0.2) is 0 Å². The van der Waals surface area contributed by atoms with Gasteiger partial charge >= 0.3 is 7.12 Å². The van der Waals surface area contributed by atoms with E-state index in [1.807, 2.05) is 0 Å². The average Bonchev–Trinajstić information content (AvgIpc) is 1.79. The van der Waals surface area contributed by atoms with Crippen molar-refractivity contribution in [3.63, 3.8) is 0 Å². The Bertz CT molecular complexity index is 171. The zero-order valence-electron chi connectivity index (χ0n) is 9.68. The first-order valence-electron chi connectivity index (χ1n) is 5.07. The van der Waals surface area contributed by atoms with Crippen molar-refractivity contribution in [1.29, 1.82) is 0 Å². The molecule has 0 spiro atoms. The highest BCUT2D eigenvalue weighted by Crippen LogP contribution is 2.35. The highest BCUT2D eigenvalue weighted by atomic mass is 16.6. The monoisotopic (exact) mass is 184 g/mol. The predicted octanol–water partition coefficient (Wildman–Crippen LogP) is 2.88. The van der Waals surface area contributed by atoms with E-state index in [0.29, 0.717) is 5.82 Å². The van der Waals surface area contributed by atoms with Crippen LogP contribution in [0.25, 0.3) is 0 Å². The zero-order valence-corrected chi connectivity index (χ0v) is 9.68. The molecule has 1 aliphatic heterocycles. The number of rotatable bonds is 1. The molecule has 76 valence electrons. The van der Waals surface area contributed by atoms with Crippen molar-refractivity contribution in [1.82, 2.24) is 0 Å². The maximum Gasteiger partial charge on any atom is 0.460 e. The minimum Gasteiger partial charge on any atom is -0.406 e. The number of hydrogen-bond acceptors (Lipinski definition) is 2. The molecule has 0 aromatic heterocycles. The smallest absolute Gasteiger partial charge is 0.406 e. The van der Waals surface area contributed by atoms with E-state index in [1.165, 1.54) is 0 Å². The topological polar surface area (TPSA) is 18.5 Å². The fourth-order valence-corrected chi connectivity index (χ4v) is 2.03. The Morgan fingerprint density at radius 2 is 1.38 bits per heavy atom. The van der Waals surface area contributed by atoms with Crippen LogP contribution in [0.2, 0.25) is 5.82 Å². The maximum absolute atomic E-state index is 5.85. The van der Waals surface area contributed by atoms with Crippen molar-refractivity contribution in [2.24, 2.45) is 0 Å². The molecule has 0 aromatic carbocycles. The molecule has 0 saturated carbocycles. The minimum atomic E-state index is -0.0588. The average molecular weight is 184 g/mol. The van der Waals surface area contributed by atoms with Crippen molar-refractivity contribution in [2.75, 3.05) is 0 Å². The minimum absolute atomic E-state index is 0.0567. The van der Waals surface area contributed by atoms with Crippen LogP contribution in [0, 0.1) is 0 Å². The molecule has 0 aromatic rings. The predicted molar refractivity (Wildman–Crippen MR) is 55.8 cm³/mol. The molecule has 1 aliphatic rings. The van der Waals surface area contributed by atoms with Crippen LogP contribution < -0.4 is 0 Å². The molecule has 1 saturated heterocycles. The third-order valence-corrected chi connectivity index (χ3v) is 2.27. The standard InChI is InChI=1S/C10H21BO2/c1-8(2)11-12-9(3,4)7-10(5,6)13-11/h8H,7H2,1-6H3. The van der Waals surface area contributed by atoms with Gasteiger partial charge in [-0.2, -0.15) is 0 Å². The van der Waals surface area contributed by atoms with E-state index < -0.39 is 0 Å². The van der Waals surface area contributed by atoms with Crippen LogP contribution in [0.3, 0.4) is 0 Å². The van der Waals surface area contributed by atoms with Crippen LogP contribution in [-0.2, 0) is 9.31 Å². The Hall–Kier alpha value is -0.0151. The Morgan fingerprint density at radius 1 is 1.00 bits per heavy atom. The molecule has 0 radical (unpaired) electrons. The van der Waals surface area contributed by atoms with Gasteiger partial charge in [0, 0.05) is 6.42 Å².